The van der Waals surface area contributed by atoms with Crippen molar-refractivity contribution in [3.05, 3.63) is 52.3 Å². The predicted molar refractivity (Wildman–Crippen MR) is 97.4 cm³/mol. The zero-order valence-corrected chi connectivity index (χ0v) is 14.8. The predicted octanol–water partition coefficient (Wildman–Crippen LogP) is 2.38. The molecule has 138 valence electrons. The van der Waals surface area contributed by atoms with Gasteiger partial charge in [-0.15, -0.1) is 0 Å². The number of benzene rings is 1. The standard InChI is InChI=1S/C18H23N5O3/c1-14-4-2-3-11-21(14)13-10-19-18(24)17-9-12-22(20-17)15-5-7-16(8-6-15)23(25)26/h5-9,12,14H,2-4,10-11,13H2,1H3,(H,19,24). The molecule has 1 aliphatic rings. The van der Waals surface area contributed by atoms with Crippen molar-refractivity contribution >= 4 is 11.6 Å². The van der Waals surface area contributed by atoms with Crippen LogP contribution in [0, 0.1) is 10.1 Å². The molecule has 26 heavy (non-hydrogen) atoms. The third kappa shape index (κ3) is 4.26. The highest BCUT2D eigenvalue weighted by Crippen LogP contribution is 2.16. The van der Waals surface area contributed by atoms with Gasteiger partial charge in [0.2, 0.25) is 0 Å². The van der Waals surface area contributed by atoms with Crippen LogP contribution in [0.5, 0.6) is 0 Å². The molecule has 1 amide bonds. The Morgan fingerprint density at radius 1 is 1.31 bits per heavy atom. The Hall–Kier alpha value is -2.74. The van der Waals surface area contributed by atoms with Gasteiger partial charge >= 0.3 is 0 Å². The first-order valence-corrected chi connectivity index (χ1v) is 8.87. The minimum Gasteiger partial charge on any atom is -0.349 e. The maximum Gasteiger partial charge on any atom is 0.271 e. The zero-order chi connectivity index (χ0) is 18.5. The normalized spacial score (nSPS) is 17.8. The van der Waals surface area contributed by atoms with Crippen LogP contribution in [-0.2, 0) is 0 Å². The molecule has 0 spiro atoms. The summed E-state index contributed by atoms with van der Waals surface area (Å²) in [7, 11) is 0. The molecule has 1 aromatic carbocycles. The van der Waals surface area contributed by atoms with Crippen molar-refractivity contribution in [2.75, 3.05) is 19.6 Å². The molecule has 8 heteroatoms. The lowest BCUT2D eigenvalue weighted by atomic mass is 10.0. The van der Waals surface area contributed by atoms with Crippen LogP contribution in [-0.4, -0.2) is 51.2 Å². The van der Waals surface area contributed by atoms with Crippen molar-refractivity contribution in [2.24, 2.45) is 0 Å². The molecular formula is C18H23N5O3. The maximum absolute atomic E-state index is 12.3. The van der Waals surface area contributed by atoms with Crippen LogP contribution in [0.25, 0.3) is 5.69 Å². The number of nitrogens with one attached hydrogen (secondary N) is 1. The van der Waals surface area contributed by atoms with Crippen LogP contribution < -0.4 is 5.32 Å². The van der Waals surface area contributed by atoms with Crippen molar-refractivity contribution in [1.29, 1.82) is 0 Å². The van der Waals surface area contributed by atoms with E-state index in [0.29, 0.717) is 24.0 Å². The van der Waals surface area contributed by atoms with Crippen molar-refractivity contribution in [3.63, 3.8) is 0 Å². The second-order valence-electron chi connectivity index (χ2n) is 6.56. The van der Waals surface area contributed by atoms with Gasteiger partial charge in [0.15, 0.2) is 5.69 Å². The molecule has 0 aliphatic carbocycles. The van der Waals surface area contributed by atoms with Crippen LogP contribution >= 0.6 is 0 Å². The third-order valence-corrected chi connectivity index (χ3v) is 4.77. The quantitative estimate of drug-likeness (QED) is 0.633. The summed E-state index contributed by atoms with van der Waals surface area (Å²) in [6.45, 7) is 4.75. The minimum absolute atomic E-state index is 0.0193. The highest BCUT2D eigenvalue weighted by molar-refractivity contribution is 5.92. The molecular weight excluding hydrogens is 334 g/mol. The molecule has 0 radical (unpaired) electrons. The van der Waals surface area contributed by atoms with Crippen LogP contribution in [0.4, 0.5) is 5.69 Å². The van der Waals surface area contributed by atoms with E-state index in [1.807, 2.05) is 0 Å². The van der Waals surface area contributed by atoms with E-state index in [4.69, 9.17) is 0 Å². The Kier molecular flexibility index (Phi) is 5.62. The average Bonchev–Trinajstić information content (AvgIpc) is 3.13. The number of piperidine rings is 1. The Bertz CT molecular complexity index is 771. The van der Waals surface area contributed by atoms with E-state index in [0.717, 1.165) is 13.1 Å². The van der Waals surface area contributed by atoms with E-state index < -0.39 is 4.92 Å². The summed E-state index contributed by atoms with van der Waals surface area (Å²) in [5.74, 6) is -0.213. The number of carbonyl (C=O) groups is 1. The molecule has 1 fully saturated rings. The van der Waals surface area contributed by atoms with Gasteiger partial charge < -0.3 is 5.32 Å². The molecule has 1 atom stereocenters. The lowest BCUT2D eigenvalue weighted by Gasteiger charge is -2.33. The molecule has 0 saturated carbocycles. The van der Waals surface area contributed by atoms with Gasteiger partial charge in [-0.3, -0.25) is 19.8 Å². The second kappa shape index (κ2) is 8.09. The van der Waals surface area contributed by atoms with E-state index in [2.05, 4.69) is 22.2 Å². The number of likely N-dealkylation sites (tertiary alicyclic amines) is 1. The van der Waals surface area contributed by atoms with Gasteiger partial charge in [-0.25, -0.2) is 4.68 Å². The lowest BCUT2D eigenvalue weighted by molar-refractivity contribution is -0.384. The largest absolute Gasteiger partial charge is 0.349 e. The summed E-state index contributed by atoms with van der Waals surface area (Å²) in [5, 5.41) is 17.9. The van der Waals surface area contributed by atoms with E-state index in [-0.39, 0.29) is 11.6 Å². The van der Waals surface area contributed by atoms with E-state index in [9.17, 15) is 14.9 Å². The van der Waals surface area contributed by atoms with Gasteiger partial charge in [0.1, 0.15) is 0 Å². The summed E-state index contributed by atoms with van der Waals surface area (Å²) in [5.41, 5.74) is 1.01. The van der Waals surface area contributed by atoms with E-state index >= 15 is 0 Å². The van der Waals surface area contributed by atoms with Gasteiger partial charge in [-0.2, -0.15) is 5.10 Å². The van der Waals surface area contributed by atoms with Gasteiger partial charge in [-0.05, 0) is 44.5 Å². The molecule has 1 saturated heterocycles. The number of rotatable bonds is 6. The number of non-ortho nitro benzene ring substituents is 1. The molecule has 1 aliphatic heterocycles. The molecule has 0 bridgehead atoms. The third-order valence-electron chi connectivity index (χ3n) is 4.77. The highest BCUT2D eigenvalue weighted by atomic mass is 16.6. The van der Waals surface area contributed by atoms with Crippen molar-refractivity contribution in [2.45, 2.75) is 32.2 Å². The Labute approximate surface area is 151 Å². The summed E-state index contributed by atoms with van der Waals surface area (Å²) in [6.07, 6.45) is 5.39. The van der Waals surface area contributed by atoms with Gasteiger partial charge in [0, 0.05) is 37.5 Å². The van der Waals surface area contributed by atoms with Crippen molar-refractivity contribution < 1.29 is 9.72 Å². The zero-order valence-electron chi connectivity index (χ0n) is 14.8. The fourth-order valence-electron chi connectivity index (χ4n) is 3.21. The Morgan fingerprint density at radius 3 is 2.77 bits per heavy atom. The smallest absolute Gasteiger partial charge is 0.271 e. The topological polar surface area (TPSA) is 93.3 Å². The average molecular weight is 357 g/mol. The Morgan fingerprint density at radius 2 is 2.08 bits per heavy atom. The fraction of sp³-hybridized carbons (Fsp3) is 0.444. The van der Waals surface area contributed by atoms with Gasteiger partial charge in [0.05, 0.1) is 10.6 Å². The Balaban J connectivity index is 1.55. The monoisotopic (exact) mass is 357 g/mol. The molecule has 2 heterocycles. The van der Waals surface area contributed by atoms with Crippen LogP contribution in [0.15, 0.2) is 36.5 Å². The SMILES string of the molecule is CC1CCCCN1CCNC(=O)c1ccn(-c2ccc([N+](=O)[O-])cc2)n1. The number of carbonyl (C=O) groups excluding carboxylic acids is 1. The van der Waals surface area contributed by atoms with E-state index in [1.165, 1.54) is 36.1 Å². The fourth-order valence-corrected chi connectivity index (χ4v) is 3.21. The summed E-state index contributed by atoms with van der Waals surface area (Å²) in [6, 6.07) is 8.24. The first-order valence-electron chi connectivity index (χ1n) is 8.87. The summed E-state index contributed by atoms with van der Waals surface area (Å²) in [4.78, 5) is 24.9. The van der Waals surface area contributed by atoms with Crippen LogP contribution in [0.1, 0.15) is 36.7 Å². The maximum atomic E-state index is 12.3. The molecule has 1 unspecified atom stereocenters. The van der Waals surface area contributed by atoms with E-state index in [1.54, 1.807) is 24.4 Å². The molecule has 3 rings (SSSR count). The van der Waals surface area contributed by atoms with Crippen molar-refractivity contribution in [1.82, 2.24) is 20.0 Å². The molecule has 2 aromatic rings. The van der Waals surface area contributed by atoms with Gasteiger partial charge in [-0.1, -0.05) is 6.42 Å². The van der Waals surface area contributed by atoms with Gasteiger partial charge in [0.25, 0.3) is 11.6 Å². The van der Waals surface area contributed by atoms with Crippen LogP contribution in [0.2, 0.25) is 0 Å². The highest BCUT2D eigenvalue weighted by Gasteiger charge is 2.18. The molecule has 1 aromatic heterocycles. The number of hydrogen-bond donors (Lipinski definition) is 1. The number of aromatic nitrogens is 2. The second-order valence-corrected chi connectivity index (χ2v) is 6.56. The lowest BCUT2D eigenvalue weighted by Crippen LogP contribution is -2.42. The molecule has 8 nitrogen and oxygen atoms in total. The first kappa shape index (κ1) is 18.1. The summed E-state index contributed by atoms with van der Waals surface area (Å²) < 4.78 is 1.53. The van der Waals surface area contributed by atoms with Crippen molar-refractivity contribution in [3.8, 4) is 5.69 Å². The first-order chi connectivity index (χ1) is 12.5. The van der Waals surface area contributed by atoms with Crippen LogP contribution in [0.3, 0.4) is 0 Å². The number of amides is 1. The summed E-state index contributed by atoms with van der Waals surface area (Å²) >= 11 is 0. The molecule has 1 N–H and O–H groups in total. The number of nitro groups is 1. The minimum atomic E-state index is -0.449. The number of nitro benzene ring substituents is 1. The number of nitrogens with zero attached hydrogens (tertiary/aromatic N) is 4. The number of hydrogen-bond acceptors (Lipinski definition) is 5.